The molecule has 0 saturated heterocycles. The third-order valence-corrected chi connectivity index (χ3v) is 3.86. The Bertz CT molecular complexity index is 356. The number of rotatable bonds is 7. The van der Waals surface area contributed by atoms with Crippen LogP contribution in [0.25, 0.3) is 0 Å². The molecule has 108 valence electrons. The minimum atomic E-state index is 0.147. The summed E-state index contributed by atoms with van der Waals surface area (Å²) in [6, 6.07) is 9.36. The van der Waals surface area contributed by atoms with E-state index >= 15 is 0 Å². The van der Waals surface area contributed by atoms with Crippen LogP contribution in [0.15, 0.2) is 24.3 Å². The predicted octanol–water partition coefficient (Wildman–Crippen LogP) is 3.75. The summed E-state index contributed by atoms with van der Waals surface area (Å²) in [5.41, 5.74) is 8.80. The molecule has 2 atom stereocenters. The van der Waals surface area contributed by atoms with E-state index in [9.17, 15) is 0 Å². The smallest absolute Gasteiger partial charge is 0.0307 e. The lowest BCUT2D eigenvalue weighted by Gasteiger charge is -2.27. The van der Waals surface area contributed by atoms with Crippen LogP contribution in [-0.2, 0) is 0 Å². The van der Waals surface area contributed by atoms with E-state index in [2.05, 4.69) is 63.9 Å². The van der Waals surface area contributed by atoms with Gasteiger partial charge < -0.3 is 10.6 Å². The largest absolute Gasteiger partial charge is 0.324 e. The molecular weight excluding hydrogens is 232 g/mol. The van der Waals surface area contributed by atoms with Gasteiger partial charge in [0.1, 0.15) is 0 Å². The lowest BCUT2D eigenvalue weighted by molar-refractivity contribution is 0.221. The van der Waals surface area contributed by atoms with Gasteiger partial charge in [0, 0.05) is 12.1 Å². The van der Waals surface area contributed by atoms with E-state index in [1.807, 2.05) is 0 Å². The maximum Gasteiger partial charge on any atom is 0.0307 e. The average Bonchev–Trinajstić information content (AvgIpc) is 2.35. The van der Waals surface area contributed by atoms with E-state index in [-0.39, 0.29) is 6.04 Å². The number of hydrogen-bond donors (Lipinski definition) is 1. The molecule has 19 heavy (non-hydrogen) atoms. The molecule has 1 aromatic carbocycles. The molecule has 2 heteroatoms. The molecule has 0 heterocycles. The monoisotopic (exact) mass is 262 g/mol. The van der Waals surface area contributed by atoms with E-state index in [0.29, 0.717) is 6.04 Å². The predicted molar refractivity (Wildman–Crippen MR) is 84.3 cm³/mol. The molecule has 2 nitrogen and oxygen atoms in total. The first-order valence-corrected chi connectivity index (χ1v) is 7.42. The Kier molecular flexibility index (Phi) is 6.53. The molecule has 0 aliphatic heterocycles. The van der Waals surface area contributed by atoms with E-state index < -0.39 is 0 Å². The van der Waals surface area contributed by atoms with Crippen LogP contribution in [0.2, 0.25) is 0 Å². The summed E-state index contributed by atoms with van der Waals surface area (Å²) in [4.78, 5) is 2.42. The lowest BCUT2D eigenvalue weighted by atomic mass is 10.0. The van der Waals surface area contributed by atoms with Gasteiger partial charge in [-0.15, -0.1) is 0 Å². The van der Waals surface area contributed by atoms with Gasteiger partial charge in [-0.2, -0.15) is 0 Å². The fraction of sp³-hybridized carbons (Fsp3) is 0.647. The van der Waals surface area contributed by atoms with Crippen LogP contribution in [0.4, 0.5) is 0 Å². The van der Waals surface area contributed by atoms with Crippen LogP contribution in [0, 0.1) is 12.8 Å². The third-order valence-electron chi connectivity index (χ3n) is 3.86. The number of hydrogen-bond acceptors (Lipinski definition) is 2. The van der Waals surface area contributed by atoms with Gasteiger partial charge in [-0.1, -0.05) is 43.7 Å². The summed E-state index contributed by atoms with van der Waals surface area (Å²) in [7, 11) is 2.20. The second-order valence-corrected chi connectivity index (χ2v) is 6.27. The van der Waals surface area contributed by atoms with Gasteiger partial charge in [0.15, 0.2) is 0 Å². The van der Waals surface area contributed by atoms with Gasteiger partial charge in [0.05, 0.1) is 0 Å². The zero-order valence-electron chi connectivity index (χ0n) is 13.2. The number of nitrogens with zero attached hydrogens (tertiary/aromatic N) is 1. The summed E-state index contributed by atoms with van der Waals surface area (Å²) < 4.78 is 0. The topological polar surface area (TPSA) is 29.3 Å². The Morgan fingerprint density at radius 2 is 1.68 bits per heavy atom. The van der Waals surface area contributed by atoms with Crippen molar-refractivity contribution in [1.29, 1.82) is 0 Å². The van der Waals surface area contributed by atoms with Crippen molar-refractivity contribution in [2.75, 3.05) is 13.6 Å². The Hall–Kier alpha value is -0.860. The summed E-state index contributed by atoms with van der Waals surface area (Å²) in [5.74, 6) is 0.753. The summed E-state index contributed by atoms with van der Waals surface area (Å²) in [5, 5.41) is 0. The van der Waals surface area contributed by atoms with Gasteiger partial charge >= 0.3 is 0 Å². The van der Waals surface area contributed by atoms with E-state index in [4.69, 9.17) is 5.73 Å². The second-order valence-electron chi connectivity index (χ2n) is 6.27. The average molecular weight is 262 g/mol. The lowest BCUT2D eigenvalue weighted by Crippen LogP contribution is -2.32. The molecule has 0 aliphatic rings. The fourth-order valence-electron chi connectivity index (χ4n) is 2.41. The molecule has 0 fully saturated rings. The SMILES string of the molecule is Cc1ccc(C(N)CCN(C)C(C)CC(C)C)cc1. The quantitative estimate of drug-likeness (QED) is 0.811. The first-order chi connectivity index (χ1) is 8.90. The highest BCUT2D eigenvalue weighted by molar-refractivity contribution is 5.23. The molecule has 0 aromatic heterocycles. The van der Waals surface area contributed by atoms with Gasteiger partial charge in [0.2, 0.25) is 0 Å². The normalized spacial score (nSPS) is 14.9. The van der Waals surface area contributed by atoms with Crippen LogP contribution in [-0.4, -0.2) is 24.5 Å². The molecule has 2 N–H and O–H groups in total. The highest BCUT2D eigenvalue weighted by atomic mass is 15.1. The van der Waals surface area contributed by atoms with Gasteiger partial charge in [-0.05, 0) is 51.8 Å². The molecule has 1 rings (SSSR count). The van der Waals surface area contributed by atoms with Gasteiger partial charge in [-0.25, -0.2) is 0 Å². The third kappa shape index (κ3) is 5.75. The molecule has 0 saturated carbocycles. The van der Waals surface area contributed by atoms with Crippen LogP contribution in [0.3, 0.4) is 0 Å². The molecule has 0 spiro atoms. The van der Waals surface area contributed by atoms with E-state index in [1.54, 1.807) is 0 Å². The number of benzene rings is 1. The second kappa shape index (κ2) is 7.66. The Morgan fingerprint density at radius 1 is 1.11 bits per heavy atom. The van der Waals surface area contributed by atoms with Crippen molar-refractivity contribution in [2.45, 2.75) is 52.6 Å². The Balaban J connectivity index is 2.41. The summed E-state index contributed by atoms with van der Waals surface area (Å²) in [6.45, 7) is 10.0. The zero-order valence-corrected chi connectivity index (χ0v) is 13.2. The molecule has 2 unspecified atom stereocenters. The molecular formula is C17H30N2. The molecule has 1 aromatic rings. The molecule has 0 radical (unpaired) electrons. The van der Waals surface area contributed by atoms with Gasteiger partial charge in [-0.3, -0.25) is 0 Å². The number of nitrogens with two attached hydrogens (primary N) is 1. The van der Waals surface area contributed by atoms with Crippen molar-refractivity contribution in [1.82, 2.24) is 4.90 Å². The minimum Gasteiger partial charge on any atom is -0.324 e. The molecule has 0 amide bonds. The maximum atomic E-state index is 6.27. The minimum absolute atomic E-state index is 0.147. The van der Waals surface area contributed by atoms with E-state index in [0.717, 1.165) is 18.9 Å². The summed E-state index contributed by atoms with van der Waals surface area (Å²) in [6.07, 6.45) is 2.26. The Labute approximate surface area is 119 Å². The van der Waals surface area contributed by atoms with Crippen molar-refractivity contribution < 1.29 is 0 Å². The van der Waals surface area contributed by atoms with Crippen LogP contribution in [0.5, 0.6) is 0 Å². The zero-order chi connectivity index (χ0) is 14.4. The van der Waals surface area contributed by atoms with Crippen LogP contribution < -0.4 is 5.73 Å². The highest BCUT2D eigenvalue weighted by Gasteiger charge is 2.13. The number of aryl methyl sites for hydroxylation is 1. The first kappa shape index (κ1) is 16.2. The van der Waals surface area contributed by atoms with Crippen LogP contribution in [0.1, 0.15) is 50.8 Å². The van der Waals surface area contributed by atoms with Crippen LogP contribution >= 0.6 is 0 Å². The Morgan fingerprint density at radius 3 is 2.21 bits per heavy atom. The van der Waals surface area contributed by atoms with Crippen molar-refractivity contribution in [3.8, 4) is 0 Å². The standard InChI is InChI=1S/C17H30N2/c1-13(2)12-15(4)19(5)11-10-17(18)16-8-6-14(3)7-9-16/h6-9,13,15,17H,10-12,18H2,1-5H3. The van der Waals surface area contributed by atoms with E-state index in [1.165, 1.54) is 17.5 Å². The van der Waals surface area contributed by atoms with Crippen molar-refractivity contribution in [3.63, 3.8) is 0 Å². The molecule has 0 aliphatic carbocycles. The van der Waals surface area contributed by atoms with Crippen molar-refractivity contribution in [3.05, 3.63) is 35.4 Å². The van der Waals surface area contributed by atoms with Gasteiger partial charge in [0.25, 0.3) is 0 Å². The highest BCUT2D eigenvalue weighted by Crippen LogP contribution is 2.16. The first-order valence-electron chi connectivity index (χ1n) is 7.42. The summed E-state index contributed by atoms with van der Waals surface area (Å²) >= 11 is 0. The van der Waals surface area contributed by atoms with Crippen molar-refractivity contribution in [2.24, 2.45) is 11.7 Å². The maximum absolute atomic E-state index is 6.27. The van der Waals surface area contributed by atoms with Crippen molar-refractivity contribution >= 4 is 0 Å². The fourth-order valence-corrected chi connectivity index (χ4v) is 2.41. The molecule has 0 bridgehead atoms.